The Labute approximate surface area is 102 Å². The largest absolute Gasteiger partial charge is 0.454 e. The van der Waals surface area contributed by atoms with Crippen LogP contribution in [0.15, 0.2) is 46.9 Å². The van der Waals surface area contributed by atoms with Crippen molar-refractivity contribution >= 4 is 15.9 Å². The minimum atomic E-state index is -0.395. The van der Waals surface area contributed by atoms with E-state index in [4.69, 9.17) is 4.74 Å². The van der Waals surface area contributed by atoms with Crippen LogP contribution in [-0.2, 0) is 0 Å². The van der Waals surface area contributed by atoms with Crippen molar-refractivity contribution in [3.05, 3.63) is 65.2 Å². The average molecular weight is 280 g/mol. The number of benzene rings is 2. The summed E-state index contributed by atoms with van der Waals surface area (Å²) in [5.74, 6) is 0.404. The van der Waals surface area contributed by atoms with Crippen LogP contribution in [0, 0.1) is 12.7 Å². The lowest BCUT2D eigenvalue weighted by atomic mass is 10.2. The van der Waals surface area contributed by atoms with Crippen molar-refractivity contribution in [1.29, 1.82) is 0 Å². The van der Waals surface area contributed by atoms with Gasteiger partial charge in [0.05, 0.1) is 0 Å². The van der Waals surface area contributed by atoms with Crippen molar-refractivity contribution in [1.82, 2.24) is 0 Å². The fraction of sp³-hybridized carbons (Fsp3) is 0. The highest BCUT2D eigenvalue weighted by Gasteiger charge is 2.04. The van der Waals surface area contributed by atoms with Crippen molar-refractivity contribution in [3.8, 4) is 11.5 Å². The zero-order chi connectivity index (χ0) is 11.5. The van der Waals surface area contributed by atoms with Gasteiger partial charge < -0.3 is 4.74 Å². The third-order valence-electron chi connectivity index (χ3n) is 2.05. The summed E-state index contributed by atoms with van der Waals surface area (Å²) in [4.78, 5) is 0. The Hall–Kier alpha value is -1.35. The minimum Gasteiger partial charge on any atom is -0.454 e. The maximum atomic E-state index is 13.4. The number of hydrogen-bond donors (Lipinski definition) is 0. The standard InChI is InChI=1S/C13H9BrFO/c1-9-2-5-11(6-3-9)16-13-7-4-10(14)8-12(13)15/h2-8H,1H2. The summed E-state index contributed by atoms with van der Waals surface area (Å²) in [6.45, 7) is 3.76. The van der Waals surface area contributed by atoms with E-state index in [1.807, 2.05) is 12.1 Å². The smallest absolute Gasteiger partial charge is 0.166 e. The molecule has 81 valence electrons. The normalized spacial score (nSPS) is 10.2. The lowest BCUT2D eigenvalue weighted by Gasteiger charge is -2.06. The Morgan fingerprint density at radius 3 is 2.38 bits per heavy atom. The molecule has 16 heavy (non-hydrogen) atoms. The van der Waals surface area contributed by atoms with Crippen molar-refractivity contribution in [2.45, 2.75) is 0 Å². The number of halogens is 2. The topological polar surface area (TPSA) is 9.23 Å². The van der Waals surface area contributed by atoms with Crippen LogP contribution in [0.5, 0.6) is 11.5 Å². The highest BCUT2D eigenvalue weighted by Crippen LogP contribution is 2.26. The van der Waals surface area contributed by atoms with Gasteiger partial charge in [-0.05, 0) is 42.8 Å². The summed E-state index contributed by atoms with van der Waals surface area (Å²) < 4.78 is 19.5. The summed E-state index contributed by atoms with van der Waals surface area (Å²) in [5.41, 5.74) is 0.892. The van der Waals surface area contributed by atoms with Gasteiger partial charge in [-0.1, -0.05) is 28.1 Å². The van der Waals surface area contributed by atoms with Gasteiger partial charge in [-0.2, -0.15) is 0 Å². The van der Waals surface area contributed by atoms with E-state index >= 15 is 0 Å². The maximum absolute atomic E-state index is 13.4. The molecule has 0 heterocycles. The monoisotopic (exact) mass is 279 g/mol. The fourth-order valence-corrected chi connectivity index (χ4v) is 1.58. The van der Waals surface area contributed by atoms with Gasteiger partial charge in [0.1, 0.15) is 5.75 Å². The van der Waals surface area contributed by atoms with E-state index in [2.05, 4.69) is 22.9 Å². The molecule has 0 fully saturated rings. The number of hydrogen-bond acceptors (Lipinski definition) is 1. The zero-order valence-electron chi connectivity index (χ0n) is 8.41. The first-order valence-corrected chi connectivity index (χ1v) is 5.49. The van der Waals surface area contributed by atoms with Gasteiger partial charge >= 0.3 is 0 Å². The van der Waals surface area contributed by atoms with E-state index < -0.39 is 5.82 Å². The Morgan fingerprint density at radius 1 is 1.06 bits per heavy atom. The van der Waals surface area contributed by atoms with Crippen LogP contribution in [0.1, 0.15) is 5.56 Å². The number of ether oxygens (including phenoxy) is 1. The first-order chi connectivity index (χ1) is 7.65. The van der Waals surface area contributed by atoms with Gasteiger partial charge in [-0.3, -0.25) is 0 Å². The zero-order valence-corrected chi connectivity index (χ0v) is 10.00. The fourth-order valence-electron chi connectivity index (χ4n) is 1.24. The van der Waals surface area contributed by atoms with Crippen LogP contribution in [0.4, 0.5) is 4.39 Å². The second kappa shape index (κ2) is 4.66. The van der Waals surface area contributed by atoms with E-state index in [1.165, 1.54) is 6.07 Å². The van der Waals surface area contributed by atoms with Crippen molar-refractivity contribution < 1.29 is 9.13 Å². The van der Waals surface area contributed by atoms with Gasteiger partial charge in [0.15, 0.2) is 11.6 Å². The molecule has 1 nitrogen and oxygen atoms in total. The van der Waals surface area contributed by atoms with Crippen LogP contribution in [0.25, 0.3) is 0 Å². The lowest BCUT2D eigenvalue weighted by molar-refractivity contribution is 0.442. The molecule has 2 aromatic carbocycles. The van der Waals surface area contributed by atoms with Crippen LogP contribution >= 0.6 is 15.9 Å². The molecular weight excluding hydrogens is 271 g/mol. The molecule has 0 aliphatic rings. The molecule has 0 aliphatic heterocycles. The van der Waals surface area contributed by atoms with E-state index in [0.717, 1.165) is 5.56 Å². The minimum absolute atomic E-state index is 0.208. The number of rotatable bonds is 2. The molecule has 0 N–H and O–H groups in total. The molecule has 0 spiro atoms. The van der Waals surface area contributed by atoms with Gasteiger partial charge in [0.25, 0.3) is 0 Å². The predicted octanol–water partition coefficient (Wildman–Crippen LogP) is 4.56. The predicted molar refractivity (Wildman–Crippen MR) is 65.1 cm³/mol. The van der Waals surface area contributed by atoms with E-state index in [1.54, 1.807) is 24.3 Å². The molecule has 0 amide bonds. The average Bonchev–Trinajstić information content (AvgIpc) is 2.25. The summed E-state index contributed by atoms with van der Waals surface area (Å²) in [5, 5.41) is 0. The highest BCUT2D eigenvalue weighted by atomic mass is 79.9. The van der Waals surface area contributed by atoms with Crippen molar-refractivity contribution in [3.63, 3.8) is 0 Å². The quantitative estimate of drug-likeness (QED) is 0.783. The van der Waals surface area contributed by atoms with E-state index in [0.29, 0.717) is 10.2 Å². The van der Waals surface area contributed by atoms with Crippen LogP contribution in [0.2, 0.25) is 0 Å². The molecule has 3 heteroatoms. The van der Waals surface area contributed by atoms with Crippen LogP contribution in [-0.4, -0.2) is 0 Å². The van der Waals surface area contributed by atoms with Crippen LogP contribution in [0.3, 0.4) is 0 Å². The SMILES string of the molecule is [CH2]c1ccc(Oc2ccc(Br)cc2F)cc1. The third-order valence-corrected chi connectivity index (χ3v) is 2.54. The second-order valence-corrected chi connectivity index (χ2v) is 4.24. The molecule has 2 aromatic rings. The summed E-state index contributed by atoms with van der Waals surface area (Å²) in [7, 11) is 0. The third kappa shape index (κ3) is 2.61. The molecular formula is C13H9BrFO. The molecule has 0 aliphatic carbocycles. The molecule has 0 aromatic heterocycles. The van der Waals surface area contributed by atoms with Gasteiger partial charge in [-0.25, -0.2) is 4.39 Å². The lowest BCUT2D eigenvalue weighted by Crippen LogP contribution is -1.88. The van der Waals surface area contributed by atoms with E-state index in [-0.39, 0.29) is 5.75 Å². The van der Waals surface area contributed by atoms with Gasteiger partial charge in [0.2, 0.25) is 0 Å². The summed E-state index contributed by atoms with van der Waals surface area (Å²) in [6, 6.07) is 11.8. The molecule has 2 rings (SSSR count). The molecule has 0 saturated carbocycles. The van der Waals surface area contributed by atoms with Gasteiger partial charge in [-0.15, -0.1) is 0 Å². The first-order valence-electron chi connectivity index (χ1n) is 4.70. The first kappa shape index (κ1) is 11.1. The van der Waals surface area contributed by atoms with Gasteiger partial charge in [0, 0.05) is 4.47 Å². The van der Waals surface area contributed by atoms with Crippen molar-refractivity contribution in [2.24, 2.45) is 0 Å². The van der Waals surface area contributed by atoms with Crippen molar-refractivity contribution in [2.75, 3.05) is 0 Å². The highest BCUT2D eigenvalue weighted by molar-refractivity contribution is 9.10. The summed E-state index contributed by atoms with van der Waals surface area (Å²) >= 11 is 3.19. The van der Waals surface area contributed by atoms with Crippen LogP contribution < -0.4 is 4.74 Å². The molecule has 0 bridgehead atoms. The Morgan fingerprint density at radius 2 is 1.75 bits per heavy atom. The van der Waals surface area contributed by atoms with E-state index in [9.17, 15) is 4.39 Å². The second-order valence-electron chi connectivity index (χ2n) is 3.32. The Kier molecular flexibility index (Phi) is 3.25. The summed E-state index contributed by atoms with van der Waals surface area (Å²) in [6.07, 6.45) is 0. The molecule has 0 atom stereocenters. The maximum Gasteiger partial charge on any atom is 0.166 e. The molecule has 0 saturated heterocycles. The molecule has 0 unspecified atom stereocenters. The Balaban J connectivity index is 2.23. The Bertz CT molecular complexity index is 494. The molecule has 1 radical (unpaired) electrons.